The van der Waals surface area contributed by atoms with Gasteiger partial charge >= 0.3 is 0 Å². The fraction of sp³-hybridized carbons (Fsp3) is 0.500. The molecule has 0 aromatic heterocycles. The average Bonchev–Trinajstić information content (AvgIpc) is 3.09. The number of rotatable bonds is 5. The minimum absolute atomic E-state index is 0.129. The topological polar surface area (TPSA) is 32.3 Å². The number of hydrogen-bond donors (Lipinski definition) is 1. The number of nitrogens with zero attached hydrogens (tertiary/aromatic N) is 1. The van der Waals surface area contributed by atoms with E-state index in [9.17, 15) is 4.79 Å². The maximum atomic E-state index is 12.4. The predicted octanol–water partition coefficient (Wildman–Crippen LogP) is 2.41. The van der Waals surface area contributed by atoms with Crippen LogP contribution in [0.1, 0.15) is 18.4 Å². The van der Waals surface area contributed by atoms with E-state index in [4.69, 9.17) is 0 Å². The highest BCUT2D eigenvalue weighted by molar-refractivity contribution is 9.10. The molecule has 3 nitrogen and oxygen atoms in total. The molecule has 1 saturated carbocycles. The summed E-state index contributed by atoms with van der Waals surface area (Å²) in [6.45, 7) is 1.46. The van der Waals surface area contributed by atoms with E-state index in [0.29, 0.717) is 6.54 Å². The summed E-state index contributed by atoms with van der Waals surface area (Å²) < 4.78 is 1.05. The summed E-state index contributed by atoms with van der Waals surface area (Å²) in [5.74, 6) is 0.261. The maximum absolute atomic E-state index is 12.4. The molecule has 1 aromatic rings. The summed E-state index contributed by atoms with van der Waals surface area (Å²) in [7, 11) is 3.79. The average molecular weight is 311 g/mol. The molecule has 4 heteroatoms. The van der Waals surface area contributed by atoms with Crippen LogP contribution in [-0.4, -0.2) is 31.4 Å². The van der Waals surface area contributed by atoms with Gasteiger partial charge in [-0.05, 0) is 37.6 Å². The van der Waals surface area contributed by atoms with E-state index in [2.05, 4.69) is 27.3 Å². The molecule has 1 aromatic carbocycles. The second-order valence-corrected chi connectivity index (χ2v) is 6.02. The smallest absolute Gasteiger partial charge is 0.230 e. The van der Waals surface area contributed by atoms with Crippen molar-refractivity contribution in [1.82, 2.24) is 10.2 Å². The Hall–Kier alpha value is -0.870. The summed E-state index contributed by atoms with van der Waals surface area (Å²) in [6.07, 6.45) is 2.02. The van der Waals surface area contributed by atoms with Crippen LogP contribution in [0.4, 0.5) is 0 Å². The van der Waals surface area contributed by atoms with Crippen LogP contribution in [0.5, 0.6) is 0 Å². The van der Waals surface area contributed by atoms with Gasteiger partial charge in [-0.15, -0.1) is 0 Å². The first-order valence-electron chi connectivity index (χ1n) is 6.22. The fourth-order valence-electron chi connectivity index (χ4n) is 2.34. The molecule has 1 N–H and O–H groups in total. The summed E-state index contributed by atoms with van der Waals surface area (Å²) in [5.41, 5.74) is 1.02. The molecule has 0 aliphatic heterocycles. The van der Waals surface area contributed by atoms with Crippen molar-refractivity contribution in [2.45, 2.75) is 19.4 Å². The molecule has 0 spiro atoms. The maximum Gasteiger partial charge on any atom is 0.230 e. The lowest BCUT2D eigenvalue weighted by molar-refractivity contribution is -0.136. The Morgan fingerprint density at radius 2 is 2.22 bits per heavy atom. The normalized spacial score (nSPS) is 16.4. The lowest BCUT2D eigenvalue weighted by atomic mass is 10.1. The Labute approximate surface area is 117 Å². The van der Waals surface area contributed by atoms with Crippen LogP contribution in [0, 0.1) is 5.41 Å². The van der Waals surface area contributed by atoms with Crippen LogP contribution in [0.25, 0.3) is 0 Å². The van der Waals surface area contributed by atoms with E-state index in [1.165, 1.54) is 0 Å². The van der Waals surface area contributed by atoms with Crippen LogP contribution in [0.3, 0.4) is 0 Å². The Morgan fingerprint density at radius 3 is 2.78 bits per heavy atom. The number of carbonyl (C=O) groups is 1. The fourth-order valence-corrected chi connectivity index (χ4v) is 2.79. The van der Waals surface area contributed by atoms with Crippen molar-refractivity contribution >= 4 is 21.8 Å². The Kier molecular flexibility index (Phi) is 4.07. The molecular formula is C14H19BrN2O. The van der Waals surface area contributed by atoms with Crippen LogP contribution in [-0.2, 0) is 11.3 Å². The molecule has 0 radical (unpaired) electrons. The van der Waals surface area contributed by atoms with Crippen LogP contribution >= 0.6 is 15.9 Å². The standard InChI is InChI=1S/C14H19BrN2O/c1-16-10-14(6-7-14)13(18)17(2)9-11-4-3-5-12(15)8-11/h3-5,8,16H,6-7,9-10H2,1-2H3. The van der Waals surface area contributed by atoms with E-state index in [-0.39, 0.29) is 11.3 Å². The molecule has 1 fully saturated rings. The molecule has 0 bridgehead atoms. The van der Waals surface area contributed by atoms with E-state index in [1.54, 1.807) is 0 Å². The zero-order chi connectivity index (χ0) is 13.2. The van der Waals surface area contributed by atoms with Gasteiger partial charge in [0.15, 0.2) is 0 Å². The molecule has 1 amide bonds. The summed E-state index contributed by atoms with van der Waals surface area (Å²) in [4.78, 5) is 14.2. The van der Waals surface area contributed by atoms with Crippen LogP contribution in [0.2, 0.25) is 0 Å². The van der Waals surface area contributed by atoms with Gasteiger partial charge in [-0.1, -0.05) is 28.1 Å². The zero-order valence-corrected chi connectivity index (χ0v) is 12.5. The Bertz CT molecular complexity index is 443. The van der Waals surface area contributed by atoms with Gasteiger partial charge in [0, 0.05) is 24.6 Å². The number of amides is 1. The molecule has 0 unspecified atom stereocenters. The van der Waals surface area contributed by atoms with Gasteiger partial charge in [-0.3, -0.25) is 4.79 Å². The van der Waals surface area contributed by atoms with Crippen molar-refractivity contribution in [2.24, 2.45) is 5.41 Å². The lowest BCUT2D eigenvalue weighted by Crippen LogP contribution is -2.38. The lowest BCUT2D eigenvalue weighted by Gasteiger charge is -2.23. The molecule has 2 rings (SSSR count). The van der Waals surface area contributed by atoms with E-state index in [0.717, 1.165) is 29.4 Å². The van der Waals surface area contributed by atoms with Crippen molar-refractivity contribution in [2.75, 3.05) is 20.6 Å². The largest absolute Gasteiger partial charge is 0.341 e. The Balaban J connectivity index is 2.00. The van der Waals surface area contributed by atoms with Crippen molar-refractivity contribution in [3.8, 4) is 0 Å². The first-order chi connectivity index (χ1) is 8.57. The first kappa shape index (κ1) is 13.6. The zero-order valence-electron chi connectivity index (χ0n) is 10.9. The quantitative estimate of drug-likeness (QED) is 0.906. The molecule has 1 aliphatic rings. The van der Waals surface area contributed by atoms with Crippen molar-refractivity contribution in [3.05, 3.63) is 34.3 Å². The predicted molar refractivity (Wildman–Crippen MR) is 76.2 cm³/mol. The number of halogens is 1. The van der Waals surface area contributed by atoms with E-state index < -0.39 is 0 Å². The minimum Gasteiger partial charge on any atom is -0.341 e. The van der Waals surface area contributed by atoms with Gasteiger partial charge in [0.1, 0.15) is 0 Å². The molecule has 0 heterocycles. The second-order valence-electron chi connectivity index (χ2n) is 5.10. The highest BCUT2D eigenvalue weighted by Gasteiger charge is 2.50. The molecule has 18 heavy (non-hydrogen) atoms. The number of nitrogens with one attached hydrogen (secondary N) is 1. The summed E-state index contributed by atoms with van der Waals surface area (Å²) >= 11 is 3.45. The highest BCUT2D eigenvalue weighted by Crippen LogP contribution is 2.46. The number of hydrogen-bond acceptors (Lipinski definition) is 2. The van der Waals surface area contributed by atoms with Crippen LogP contribution < -0.4 is 5.32 Å². The van der Waals surface area contributed by atoms with Gasteiger partial charge in [-0.2, -0.15) is 0 Å². The minimum atomic E-state index is -0.129. The molecular weight excluding hydrogens is 292 g/mol. The SMILES string of the molecule is CNCC1(C(=O)N(C)Cc2cccc(Br)c2)CC1. The first-order valence-corrected chi connectivity index (χ1v) is 7.01. The van der Waals surface area contributed by atoms with Crippen LogP contribution in [0.15, 0.2) is 28.7 Å². The molecule has 0 atom stereocenters. The monoisotopic (exact) mass is 310 g/mol. The summed E-state index contributed by atoms with van der Waals surface area (Å²) in [6, 6.07) is 8.10. The summed E-state index contributed by atoms with van der Waals surface area (Å²) in [5, 5.41) is 3.12. The molecule has 0 saturated heterocycles. The van der Waals surface area contributed by atoms with E-state index >= 15 is 0 Å². The van der Waals surface area contributed by atoms with Gasteiger partial charge in [0.25, 0.3) is 0 Å². The van der Waals surface area contributed by atoms with Gasteiger partial charge in [0.2, 0.25) is 5.91 Å². The molecule has 1 aliphatic carbocycles. The van der Waals surface area contributed by atoms with Crippen molar-refractivity contribution in [3.63, 3.8) is 0 Å². The third kappa shape index (κ3) is 2.93. The van der Waals surface area contributed by atoms with Gasteiger partial charge in [-0.25, -0.2) is 0 Å². The number of carbonyl (C=O) groups excluding carboxylic acids is 1. The van der Waals surface area contributed by atoms with Gasteiger partial charge in [0.05, 0.1) is 5.41 Å². The second kappa shape index (κ2) is 5.41. The Morgan fingerprint density at radius 1 is 1.50 bits per heavy atom. The van der Waals surface area contributed by atoms with Crippen molar-refractivity contribution in [1.29, 1.82) is 0 Å². The number of benzene rings is 1. The molecule has 98 valence electrons. The van der Waals surface area contributed by atoms with E-state index in [1.807, 2.05) is 37.2 Å². The third-order valence-corrected chi connectivity index (χ3v) is 3.97. The van der Waals surface area contributed by atoms with Gasteiger partial charge < -0.3 is 10.2 Å². The highest BCUT2D eigenvalue weighted by atomic mass is 79.9. The third-order valence-electron chi connectivity index (χ3n) is 3.48. The van der Waals surface area contributed by atoms with Crippen molar-refractivity contribution < 1.29 is 4.79 Å².